The number of carbonyl (C=O) groups excluding carboxylic acids is 1. The standard InChI is InChI=1S/C17H19ClN2O/c1-12(14-5-3-6-15(18)11-14)20-17(21)9-8-13-4-2-7-16(19)10-13/h2-7,10-12H,8-9,19H2,1H3,(H,20,21). The molecule has 0 radical (unpaired) electrons. The van der Waals surface area contributed by atoms with Crippen LogP contribution >= 0.6 is 11.6 Å². The monoisotopic (exact) mass is 302 g/mol. The highest BCUT2D eigenvalue weighted by Gasteiger charge is 2.10. The molecule has 2 rings (SSSR count). The van der Waals surface area contributed by atoms with Crippen LogP contribution in [0.5, 0.6) is 0 Å². The number of hydrogen-bond donors (Lipinski definition) is 2. The van der Waals surface area contributed by atoms with Crippen molar-refractivity contribution in [3.63, 3.8) is 0 Å². The van der Waals surface area contributed by atoms with E-state index in [-0.39, 0.29) is 11.9 Å². The number of nitrogens with one attached hydrogen (secondary N) is 1. The lowest BCUT2D eigenvalue weighted by Gasteiger charge is -2.14. The van der Waals surface area contributed by atoms with Crippen LogP contribution in [0.25, 0.3) is 0 Å². The molecular formula is C17H19ClN2O. The maximum Gasteiger partial charge on any atom is 0.220 e. The number of nitrogens with two attached hydrogens (primary N) is 1. The van der Waals surface area contributed by atoms with Crippen molar-refractivity contribution in [1.29, 1.82) is 0 Å². The highest BCUT2D eigenvalue weighted by Crippen LogP contribution is 2.17. The van der Waals surface area contributed by atoms with Gasteiger partial charge >= 0.3 is 0 Å². The molecule has 0 aliphatic carbocycles. The molecule has 110 valence electrons. The van der Waals surface area contributed by atoms with Crippen LogP contribution in [0.15, 0.2) is 48.5 Å². The Labute approximate surface area is 130 Å². The summed E-state index contributed by atoms with van der Waals surface area (Å²) in [5, 5.41) is 3.65. The van der Waals surface area contributed by atoms with Crippen molar-refractivity contribution in [2.24, 2.45) is 0 Å². The molecule has 0 aromatic heterocycles. The SMILES string of the molecule is CC(NC(=O)CCc1cccc(N)c1)c1cccc(Cl)c1. The third-order valence-corrected chi connectivity index (χ3v) is 3.55. The molecule has 2 aromatic rings. The van der Waals surface area contributed by atoms with Gasteiger partial charge in [-0.3, -0.25) is 4.79 Å². The summed E-state index contributed by atoms with van der Waals surface area (Å²) in [5.41, 5.74) is 8.52. The smallest absolute Gasteiger partial charge is 0.220 e. The first-order chi connectivity index (χ1) is 10.0. The Morgan fingerprint density at radius 2 is 2.00 bits per heavy atom. The zero-order valence-electron chi connectivity index (χ0n) is 12.0. The highest BCUT2D eigenvalue weighted by molar-refractivity contribution is 6.30. The van der Waals surface area contributed by atoms with E-state index in [1.165, 1.54) is 0 Å². The Balaban J connectivity index is 1.87. The average molecular weight is 303 g/mol. The van der Waals surface area contributed by atoms with Crippen LogP contribution in [0.1, 0.15) is 30.5 Å². The maximum atomic E-state index is 12.0. The molecule has 0 fully saturated rings. The van der Waals surface area contributed by atoms with E-state index >= 15 is 0 Å². The van der Waals surface area contributed by atoms with E-state index in [2.05, 4.69) is 5.32 Å². The molecule has 2 aromatic carbocycles. The quantitative estimate of drug-likeness (QED) is 0.827. The van der Waals surface area contributed by atoms with Crippen molar-refractivity contribution in [2.45, 2.75) is 25.8 Å². The van der Waals surface area contributed by atoms with Crippen LogP contribution in [0.3, 0.4) is 0 Å². The Hall–Kier alpha value is -2.00. The Morgan fingerprint density at radius 1 is 1.24 bits per heavy atom. The van der Waals surface area contributed by atoms with Gasteiger partial charge in [0.25, 0.3) is 0 Å². The van der Waals surface area contributed by atoms with Crippen LogP contribution in [0.4, 0.5) is 5.69 Å². The number of amides is 1. The van der Waals surface area contributed by atoms with E-state index < -0.39 is 0 Å². The lowest BCUT2D eigenvalue weighted by atomic mass is 10.1. The average Bonchev–Trinajstić information content (AvgIpc) is 2.45. The van der Waals surface area contributed by atoms with Crippen LogP contribution in [-0.2, 0) is 11.2 Å². The molecule has 0 aliphatic rings. The number of aryl methyl sites for hydroxylation is 1. The zero-order valence-corrected chi connectivity index (χ0v) is 12.7. The van der Waals surface area contributed by atoms with E-state index in [0.29, 0.717) is 17.9 Å². The fraction of sp³-hybridized carbons (Fsp3) is 0.235. The van der Waals surface area contributed by atoms with Gasteiger partial charge in [0.15, 0.2) is 0 Å². The first-order valence-electron chi connectivity index (χ1n) is 6.94. The molecule has 1 unspecified atom stereocenters. The number of anilines is 1. The van der Waals surface area contributed by atoms with Gasteiger partial charge in [0.05, 0.1) is 6.04 Å². The van der Waals surface area contributed by atoms with Crippen molar-refractivity contribution in [3.05, 3.63) is 64.7 Å². The maximum absolute atomic E-state index is 12.0. The molecule has 0 spiro atoms. The Morgan fingerprint density at radius 3 is 2.71 bits per heavy atom. The van der Waals surface area contributed by atoms with Gasteiger partial charge in [-0.05, 0) is 48.7 Å². The molecule has 4 heteroatoms. The normalized spacial score (nSPS) is 11.9. The van der Waals surface area contributed by atoms with Gasteiger partial charge in [-0.15, -0.1) is 0 Å². The predicted octanol–water partition coefficient (Wildman–Crippen LogP) is 3.73. The summed E-state index contributed by atoms with van der Waals surface area (Å²) in [6, 6.07) is 15.1. The number of carbonyl (C=O) groups is 1. The van der Waals surface area contributed by atoms with Crippen LogP contribution in [-0.4, -0.2) is 5.91 Å². The molecule has 3 nitrogen and oxygen atoms in total. The molecule has 0 saturated carbocycles. The number of hydrogen-bond acceptors (Lipinski definition) is 2. The summed E-state index contributed by atoms with van der Waals surface area (Å²) in [4.78, 5) is 12.0. The third kappa shape index (κ3) is 4.80. The minimum atomic E-state index is -0.0583. The van der Waals surface area contributed by atoms with Gasteiger partial charge in [0.1, 0.15) is 0 Å². The van der Waals surface area contributed by atoms with E-state index in [0.717, 1.165) is 16.8 Å². The molecular weight excluding hydrogens is 284 g/mol. The third-order valence-electron chi connectivity index (χ3n) is 3.32. The summed E-state index contributed by atoms with van der Waals surface area (Å²) in [6.07, 6.45) is 1.12. The van der Waals surface area contributed by atoms with E-state index in [1.54, 1.807) is 0 Å². The van der Waals surface area contributed by atoms with E-state index in [1.807, 2.05) is 55.5 Å². The first-order valence-corrected chi connectivity index (χ1v) is 7.31. The van der Waals surface area contributed by atoms with Crippen LogP contribution in [0, 0.1) is 0 Å². The van der Waals surface area contributed by atoms with Crippen molar-refractivity contribution in [1.82, 2.24) is 5.32 Å². The highest BCUT2D eigenvalue weighted by atomic mass is 35.5. The second-order valence-corrected chi connectivity index (χ2v) is 5.53. The number of halogens is 1. The molecule has 1 amide bonds. The Kier molecular flexibility index (Phi) is 5.23. The minimum absolute atomic E-state index is 0.0184. The van der Waals surface area contributed by atoms with Crippen molar-refractivity contribution < 1.29 is 4.79 Å². The predicted molar refractivity (Wildman–Crippen MR) is 87.2 cm³/mol. The second-order valence-electron chi connectivity index (χ2n) is 5.09. The molecule has 3 N–H and O–H groups in total. The first kappa shape index (κ1) is 15.4. The van der Waals surface area contributed by atoms with Gasteiger partial charge in [-0.1, -0.05) is 35.9 Å². The molecule has 0 heterocycles. The number of benzene rings is 2. The molecule has 0 bridgehead atoms. The summed E-state index contributed by atoms with van der Waals surface area (Å²) in [5.74, 6) is 0.0184. The number of nitrogen functional groups attached to an aromatic ring is 1. The molecule has 0 aliphatic heterocycles. The van der Waals surface area contributed by atoms with Gasteiger partial charge in [-0.2, -0.15) is 0 Å². The topological polar surface area (TPSA) is 55.1 Å². The van der Waals surface area contributed by atoms with Crippen molar-refractivity contribution in [2.75, 3.05) is 5.73 Å². The molecule has 1 atom stereocenters. The number of rotatable bonds is 5. The second kappa shape index (κ2) is 7.14. The lowest BCUT2D eigenvalue weighted by molar-refractivity contribution is -0.121. The van der Waals surface area contributed by atoms with Crippen molar-refractivity contribution >= 4 is 23.2 Å². The van der Waals surface area contributed by atoms with E-state index in [4.69, 9.17) is 17.3 Å². The van der Waals surface area contributed by atoms with Gasteiger partial charge < -0.3 is 11.1 Å². The molecule has 0 saturated heterocycles. The largest absolute Gasteiger partial charge is 0.399 e. The van der Waals surface area contributed by atoms with Gasteiger partial charge in [0, 0.05) is 17.1 Å². The summed E-state index contributed by atoms with van der Waals surface area (Å²) >= 11 is 5.96. The minimum Gasteiger partial charge on any atom is -0.399 e. The summed E-state index contributed by atoms with van der Waals surface area (Å²) < 4.78 is 0. The van der Waals surface area contributed by atoms with Gasteiger partial charge in [0.2, 0.25) is 5.91 Å². The zero-order chi connectivity index (χ0) is 15.2. The van der Waals surface area contributed by atoms with E-state index in [9.17, 15) is 4.79 Å². The van der Waals surface area contributed by atoms with Gasteiger partial charge in [-0.25, -0.2) is 0 Å². The summed E-state index contributed by atoms with van der Waals surface area (Å²) in [6.45, 7) is 1.95. The van der Waals surface area contributed by atoms with Crippen LogP contribution in [0.2, 0.25) is 5.02 Å². The summed E-state index contributed by atoms with van der Waals surface area (Å²) in [7, 11) is 0. The Bertz CT molecular complexity index is 628. The molecule has 21 heavy (non-hydrogen) atoms. The van der Waals surface area contributed by atoms with Crippen molar-refractivity contribution in [3.8, 4) is 0 Å². The fourth-order valence-corrected chi connectivity index (χ4v) is 2.38. The van der Waals surface area contributed by atoms with Crippen LogP contribution < -0.4 is 11.1 Å². The fourth-order valence-electron chi connectivity index (χ4n) is 2.18. The lowest BCUT2D eigenvalue weighted by Crippen LogP contribution is -2.26.